The standard InChI is InChI=1S/C4H11NO.CH4O4S/c1-2-4(5)3-6;1-5-6(2,3)4/h4,6H,2-3,5H2,1H3;1H3,(H,2,3,4). The fraction of sp³-hybridized carbons (Fsp3) is 1.00. The largest absolute Gasteiger partial charge is 0.397 e. The van der Waals surface area contributed by atoms with Crippen molar-refractivity contribution < 1.29 is 22.3 Å². The molecule has 6 nitrogen and oxygen atoms in total. The molecule has 0 aromatic rings. The third kappa shape index (κ3) is 16.4. The minimum atomic E-state index is -4.16. The molecule has 0 aromatic heterocycles. The smallest absolute Gasteiger partial charge is 0.395 e. The van der Waals surface area contributed by atoms with Gasteiger partial charge in [0.2, 0.25) is 0 Å². The summed E-state index contributed by atoms with van der Waals surface area (Å²) < 4.78 is 29.7. The maximum Gasteiger partial charge on any atom is 0.397 e. The van der Waals surface area contributed by atoms with E-state index in [1.54, 1.807) is 0 Å². The van der Waals surface area contributed by atoms with Crippen molar-refractivity contribution in [3.05, 3.63) is 0 Å². The van der Waals surface area contributed by atoms with Gasteiger partial charge < -0.3 is 10.8 Å². The summed E-state index contributed by atoms with van der Waals surface area (Å²) in [5.41, 5.74) is 5.22. The van der Waals surface area contributed by atoms with Crippen molar-refractivity contribution in [1.82, 2.24) is 0 Å². The summed E-state index contributed by atoms with van der Waals surface area (Å²) in [6, 6.07) is -0.00926. The lowest BCUT2D eigenvalue weighted by Crippen LogP contribution is -2.22. The van der Waals surface area contributed by atoms with Crippen LogP contribution in [0.3, 0.4) is 0 Å². The molecule has 1 atom stereocenters. The SMILES string of the molecule is CCC(N)CO.COS(=O)(=O)O. The molecule has 0 aliphatic rings. The Morgan fingerprint density at radius 3 is 1.92 bits per heavy atom. The third-order valence-corrected chi connectivity index (χ3v) is 1.39. The van der Waals surface area contributed by atoms with Gasteiger partial charge in [-0.15, -0.1) is 0 Å². The van der Waals surface area contributed by atoms with Crippen LogP contribution in [0.5, 0.6) is 0 Å². The zero-order valence-corrected chi connectivity index (χ0v) is 7.91. The van der Waals surface area contributed by atoms with E-state index < -0.39 is 10.4 Å². The molecule has 0 fully saturated rings. The molecular formula is C5H15NO5S. The van der Waals surface area contributed by atoms with E-state index in [4.69, 9.17) is 15.4 Å². The van der Waals surface area contributed by atoms with Gasteiger partial charge in [-0.1, -0.05) is 6.92 Å². The van der Waals surface area contributed by atoms with E-state index in [-0.39, 0.29) is 12.6 Å². The van der Waals surface area contributed by atoms with E-state index in [1.165, 1.54) is 0 Å². The van der Waals surface area contributed by atoms with Gasteiger partial charge in [0.05, 0.1) is 13.7 Å². The predicted molar refractivity (Wildman–Crippen MR) is 43.9 cm³/mol. The van der Waals surface area contributed by atoms with E-state index >= 15 is 0 Å². The van der Waals surface area contributed by atoms with E-state index in [2.05, 4.69) is 4.18 Å². The lowest BCUT2D eigenvalue weighted by Gasteiger charge is -1.98. The maximum atomic E-state index is 9.33. The summed E-state index contributed by atoms with van der Waals surface area (Å²) in [7, 11) is -3.29. The Morgan fingerprint density at radius 1 is 1.58 bits per heavy atom. The first-order valence-corrected chi connectivity index (χ1v) is 4.63. The first-order valence-electron chi connectivity index (χ1n) is 3.26. The number of aliphatic hydroxyl groups is 1. The number of nitrogens with two attached hydrogens (primary N) is 1. The highest BCUT2D eigenvalue weighted by Crippen LogP contribution is 1.79. The lowest BCUT2D eigenvalue weighted by atomic mass is 10.3. The first-order chi connectivity index (χ1) is 5.37. The average molecular weight is 201 g/mol. The number of hydrogen-bond donors (Lipinski definition) is 3. The number of aliphatic hydroxyl groups excluding tert-OH is 1. The van der Waals surface area contributed by atoms with E-state index in [0.717, 1.165) is 13.5 Å². The van der Waals surface area contributed by atoms with Gasteiger partial charge in [-0.2, -0.15) is 8.42 Å². The molecule has 0 aromatic carbocycles. The van der Waals surface area contributed by atoms with Gasteiger partial charge in [0.25, 0.3) is 0 Å². The van der Waals surface area contributed by atoms with Gasteiger partial charge in [0.15, 0.2) is 0 Å². The van der Waals surface area contributed by atoms with Crippen LogP contribution in [0.1, 0.15) is 13.3 Å². The van der Waals surface area contributed by atoms with E-state index in [0.29, 0.717) is 0 Å². The summed E-state index contributed by atoms with van der Waals surface area (Å²) in [6.07, 6.45) is 0.858. The number of hydrogen-bond acceptors (Lipinski definition) is 5. The molecule has 0 saturated heterocycles. The Balaban J connectivity index is 0. The van der Waals surface area contributed by atoms with Crippen molar-refractivity contribution in [2.24, 2.45) is 5.73 Å². The van der Waals surface area contributed by atoms with Crippen LogP contribution in [0.15, 0.2) is 0 Å². The summed E-state index contributed by atoms with van der Waals surface area (Å²) in [5, 5.41) is 8.21. The minimum absolute atomic E-state index is 0.00926. The highest BCUT2D eigenvalue weighted by atomic mass is 32.3. The normalized spacial score (nSPS) is 13.1. The highest BCUT2D eigenvalue weighted by molar-refractivity contribution is 7.80. The summed E-state index contributed by atoms with van der Waals surface area (Å²) in [4.78, 5) is 0. The molecule has 0 saturated carbocycles. The molecule has 4 N–H and O–H groups in total. The zero-order chi connectivity index (χ0) is 10.2. The van der Waals surface area contributed by atoms with Gasteiger partial charge >= 0.3 is 10.4 Å². The first kappa shape index (κ1) is 14.3. The highest BCUT2D eigenvalue weighted by Gasteiger charge is 1.94. The Kier molecular flexibility index (Phi) is 8.88. The minimum Gasteiger partial charge on any atom is -0.395 e. The molecule has 76 valence electrons. The fourth-order valence-corrected chi connectivity index (χ4v) is 0.129. The van der Waals surface area contributed by atoms with Crippen molar-refractivity contribution in [1.29, 1.82) is 0 Å². The molecule has 12 heavy (non-hydrogen) atoms. The molecule has 7 heteroatoms. The quantitative estimate of drug-likeness (QED) is 0.513. The molecule has 0 bridgehead atoms. The molecular weight excluding hydrogens is 186 g/mol. The second kappa shape index (κ2) is 7.44. The van der Waals surface area contributed by atoms with Crippen molar-refractivity contribution >= 4 is 10.4 Å². The van der Waals surface area contributed by atoms with Crippen LogP contribution < -0.4 is 5.73 Å². The molecule has 0 aliphatic carbocycles. The van der Waals surface area contributed by atoms with Gasteiger partial charge in [-0.05, 0) is 6.42 Å². The van der Waals surface area contributed by atoms with Crippen LogP contribution in [0.2, 0.25) is 0 Å². The van der Waals surface area contributed by atoms with E-state index in [1.807, 2.05) is 6.92 Å². The molecule has 1 unspecified atom stereocenters. The van der Waals surface area contributed by atoms with Gasteiger partial charge in [0, 0.05) is 6.04 Å². The monoisotopic (exact) mass is 201 g/mol. The van der Waals surface area contributed by atoms with Gasteiger partial charge in [-0.3, -0.25) is 8.74 Å². The summed E-state index contributed by atoms with van der Waals surface area (Å²) in [5.74, 6) is 0. The lowest BCUT2D eigenvalue weighted by molar-refractivity contribution is 0.263. The predicted octanol–water partition coefficient (Wildman–Crippen LogP) is -0.848. The average Bonchev–Trinajstić information content (AvgIpc) is 2.03. The van der Waals surface area contributed by atoms with Crippen LogP contribution in [0.25, 0.3) is 0 Å². The fourth-order valence-electron chi connectivity index (χ4n) is 0.129. The summed E-state index contributed by atoms with van der Waals surface area (Å²) in [6.45, 7) is 2.05. The van der Waals surface area contributed by atoms with Crippen LogP contribution in [-0.4, -0.2) is 37.8 Å². The van der Waals surface area contributed by atoms with Crippen LogP contribution in [0.4, 0.5) is 0 Å². The Hall–Kier alpha value is -0.210. The van der Waals surface area contributed by atoms with Crippen molar-refractivity contribution in [2.75, 3.05) is 13.7 Å². The van der Waals surface area contributed by atoms with Gasteiger partial charge in [-0.25, -0.2) is 0 Å². The van der Waals surface area contributed by atoms with E-state index in [9.17, 15) is 8.42 Å². The number of rotatable bonds is 3. The zero-order valence-electron chi connectivity index (χ0n) is 7.10. The van der Waals surface area contributed by atoms with Crippen molar-refractivity contribution in [2.45, 2.75) is 19.4 Å². The Labute approximate surface area is 72.3 Å². The summed E-state index contributed by atoms with van der Waals surface area (Å²) >= 11 is 0. The molecule has 0 radical (unpaired) electrons. The van der Waals surface area contributed by atoms with Crippen molar-refractivity contribution in [3.63, 3.8) is 0 Å². The Bertz CT molecular complexity index is 174. The molecule has 0 rings (SSSR count). The molecule has 0 aliphatic heterocycles. The maximum absolute atomic E-state index is 9.33. The van der Waals surface area contributed by atoms with Crippen LogP contribution in [0, 0.1) is 0 Å². The second-order valence-electron chi connectivity index (χ2n) is 1.95. The Morgan fingerprint density at radius 2 is 1.92 bits per heavy atom. The molecule has 0 heterocycles. The van der Waals surface area contributed by atoms with Crippen LogP contribution in [-0.2, 0) is 14.6 Å². The van der Waals surface area contributed by atoms with Gasteiger partial charge in [0.1, 0.15) is 0 Å². The molecule has 0 amide bonds. The second-order valence-corrected chi connectivity index (χ2v) is 3.13. The molecule has 0 spiro atoms. The van der Waals surface area contributed by atoms with Crippen LogP contribution >= 0.6 is 0 Å². The third-order valence-electron chi connectivity index (χ3n) is 0.970. The topological polar surface area (TPSA) is 110 Å². The van der Waals surface area contributed by atoms with Crippen molar-refractivity contribution in [3.8, 4) is 0 Å².